The fourth-order valence-corrected chi connectivity index (χ4v) is 2.72. The van der Waals surface area contributed by atoms with Crippen LogP contribution in [0.5, 0.6) is 11.5 Å². The number of benzene rings is 1. The van der Waals surface area contributed by atoms with Crippen LogP contribution in [0.3, 0.4) is 0 Å². The second kappa shape index (κ2) is 7.57. The summed E-state index contributed by atoms with van der Waals surface area (Å²) in [6.07, 6.45) is 2.45. The molecule has 0 aliphatic rings. The summed E-state index contributed by atoms with van der Waals surface area (Å²) < 4.78 is 17.8. The molecule has 1 N–H and O–H groups in total. The summed E-state index contributed by atoms with van der Waals surface area (Å²) in [5.74, 6) is 2.84. The summed E-state index contributed by atoms with van der Waals surface area (Å²) in [7, 11) is 3.20. The molecule has 0 spiro atoms. The number of rotatable bonds is 8. The number of methoxy groups -OCH3 is 2. The fraction of sp³-hybridized carbons (Fsp3) is 0.389. The van der Waals surface area contributed by atoms with Gasteiger partial charge in [0.1, 0.15) is 5.76 Å². The number of ether oxygens (including phenoxy) is 2. The van der Waals surface area contributed by atoms with Crippen LogP contribution in [-0.4, -0.2) is 34.4 Å². The van der Waals surface area contributed by atoms with E-state index < -0.39 is 5.54 Å². The van der Waals surface area contributed by atoms with Crippen molar-refractivity contribution in [1.82, 2.24) is 25.5 Å². The minimum atomic E-state index is -0.441. The first-order chi connectivity index (χ1) is 12.6. The van der Waals surface area contributed by atoms with E-state index in [4.69, 9.17) is 13.9 Å². The first-order valence-corrected chi connectivity index (χ1v) is 8.40. The summed E-state index contributed by atoms with van der Waals surface area (Å²) >= 11 is 0. The SMILES string of the molecule is CCC(C)(NCc1ccco1)c1nnnn1-c1ccc(OC)c(OC)c1. The zero-order valence-corrected chi connectivity index (χ0v) is 15.4. The van der Waals surface area contributed by atoms with Gasteiger partial charge in [-0.1, -0.05) is 6.92 Å². The Balaban J connectivity index is 1.93. The molecule has 1 unspecified atom stereocenters. The van der Waals surface area contributed by atoms with E-state index in [1.807, 2.05) is 30.3 Å². The lowest BCUT2D eigenvalue weighted by molar-refractivity contribution is 0.308. The van der Waals surface area contributed by atoms with Crippen molar-refractivity contribution in [3.8, 4) is 17.2 Å². The summed E-state index contributed by atoms with van der Waals surface area (Å²) in [4.78, 5) is 0. The van der Waals surface area contributed by atoms with Crippen LogP contribution in [0.15, 0.2) is 41.0 Å². The average Bonchev–Trinajstić information content (AvgIpc) is 3.37. The van der Waals surface area contributed by atoms with Gasteiger partial charge in [-0.2, -0.15) is 4.68 Å². The Morgan fingerprint density at radius 3 is 2.65 bits per heavy atom. The molecular weight excluding hydrogens is 334 g/mol. The Labute approximate surface area is 152 Å². The second-order valence-electron chi connectivity index (χ2n) is 6.07. The van der Waals surface area contributed by atoms with Crippen molar-refractivity contribution in [1.29, 1.82) is 0 Å². The predicted octanol–water partition coefficient (Wildman–Crippen LogP) is 2.69. The fourth-order valence-electron chi connectivity index (χ4n) is 2.72. The topological polar surface area (TPSA) is 87.2 Å². The molecule has 138 valence electrons. The van der Waals surface area contributed by atoms with E-state index in [-0.39, 0.29) is 0 Å². The van der Waals surface area contributed by atoms with Crippen LogP contribution < -0.4 is 14.8 Å². The van der Waals surface area contributed by atoms with Gasteiger partial charge < -0.3 is 13.9 Å². The maximum Gasteiger partial charge on any atom is 0.176 e. The van der Waals surface area contributed by atoms with Gasteiger partial charge >= 0.3 is 0 Å². The molecule has 8 nitrogen and oxygen atoms in total. The lowest BCUT2D eigenvalue weighted by Gasteiger charge is -2.28. The van der Waals surface area contributed by atoms with Crippen LogP contribution in [0.2, 0.25) is 0 Å². The highest BCUT2D eigenvalue weighted by atomic mass is 16.5. The molecule has 1 atom stereocenters. The quantitative estimate of drug-likeness (QED) is 0.663. The second-order valence-corrected chi connectivity index (χ2v) is 6.07. The van der Waals surface area contributed by atoms with Crippen LogP contribution in [0.4, 0.5) is 0 Å². The first-order valence-electron chi connectivity index (χ1n) is 8.40. The van der Waals surface area contributed by atoms with Crippen LogP contribution in [-0.2, 0) is 12.1 Å². The van der Waals surface area contributed by atoms with Crippen molar-refractivity contribution in [2.24, 2.45) is 0 Å². The molecule has 0 amide bonds. The number of hydrogen-bond donors (Lipinski definition) is 1. The van der Waals surface area contributed by atoms with E-state index in [9.17, 15) is 0 Å². The molecule has 0 saturated carbocycles. The monoisotopic (exact) mass is 357 g/mol. The average molecular weight is 357 g/mol. The van der Waals surface area contributed by atoms with Gasteiger partial charge in [0, 0.05) is 6.07 Å². The molecule has 0 radical (unpaired) electrons. The van der Waals surface area contributed by atoms with Crippen LogP contribution in [0.25, 0.3) is 5.69 Å². The summed E-state index contributed by atoms with van der Waals surface area (Å²) in [5, 5.41) is 15.8. The predicted molar refractivity (Wildman–Crippen MR) is 95.4 cm³/mol. The van der Waals surface area contributed by atoms with Crippen molar-refractivity contribution in [3.63, 3.8) is 0 Å². The molecule has 0 bridgehead atoms. The number of tetrazole rings is 1. The Hall–Kier alpha value is -2.87. The number of furan rings is 1. The lowest BCUT2D eigenvalue weighted by Crippen LogP contribution is -2.41. The zero-order valence-electron chi connectivity index (χ0n) is 15.4. The Morgan fingerprint density at radius 2 is 2.00 bits per heavy atom. The molecule has 3 aromatic rings. The van der Waals surface area contributed by atoms with Crippen LogP contribution in [0.1, 0.15) is 31.9 Å². The normalized spacial score (nSPS) is 13.4. The van der Waals surface area contributed by atoms with Gasteiger partial charge in [-0.15, -0.1) is 5.10 Å². The number of nitrogens with one attached hydrogen (secondary N) is 1. The summed E-state index contributed by atoms with van der Waals surface area (Å²) in [6, 6.07) is 9.37. The van der Waals surface area contributed by atoms with E-state index >= 15 is 0 Å². The maximum atomic E-state index is 5.41. The third kappa shape index (κ3) is 3.41. The molecule has 0 saturated heterocycles. The summed E-state index contributed by atoms with van der Waals surface area (Å²) in [5.41, 5.74) is 0.353. The third-order valence-corrected chi connectivity index (χ3v) is 4.51. The van der Waals surface area contributed by atoms with Crippen molar-refractivity contribution in [2.75, 3.05) is 14.2 Å². The van der Waals surface area contributed by atoms with Gasteiger partial charge in [0.15, 0.2) is 17.3 Å². The minimum Gasteiger partial charge on any atom is -0.493 e. The van der Waals surface area contributed by atoms with Crippen LogP contribution in [0, 0.1) is 0 Å². The third-order valence-electron chi connectivity index (χ3n) is 4.51. The standard InChI is InChI=1S/C18H23N5O3/c1-5-18(2,19-12-14-7-6-10-26-14)17-20-21-22-23(17)13-8-9-15(24-3)16(11-13)25-4/h6-11,19H,5,12H2,1-4H3. The van der Waals surface area contributed by atoms with E-state index in [1.54, 1.807) is 25.2 Å². The van der Waals surface area contributed by atoms with Crippen molar-refractivity contribution in [2.45, 2.75) is 32.4 Å². The van der Waals surface area contributed by atoms with Gasteiger partial charge in [0.25, 0.3) is 0 Å². The highest BCUT2D eigenvalue weighted by molar-refractivity contribution is 5.48. The minimum absolute atomic E-state index is 0.441. The lowest BCUT2D eigenvalue weighted by atomic mass is 9.97. The first kappa shape index (κ1) is 17.9. The largest absolute Gasteiger partial charge is 0.493 e. The van der Waals surface area contributed by atoms with Gasteiger partial charge in [-0.3, -0.25) is 5.32 Å². The molecule has 2 aromatic heterocycles. The number of hydrogen-bond acceptors (Lipinski definition) is 7. The van der Waals surface area contributed by atoms with E-state index in [0.29, 0.717) is 23.9 Å². The van der Waals surface area contributed by atoms with Crippen molar-refractivity contribution in [3.05, 3.63) is 48.2 Å². The molecule has 0 aliphatic heterocycles. The Morgan fingerprint density at radius 1 is 1.19 bits per heavy atom. The molecule has 0 fully saturated rings. The van der Waals surface area contributed by atoms with Gasteiger partial charge in [0.05, 0.1) is 38.3 Å². The molecule has 3 rings (SSSR count). The maximum absolute atomic E-state index is 5.41. The van der Waals surface area contributed by atoms with E-state index in [1.165, 1.54) is 0 Å². The van der Waals surface area contributed by atoms with Crippen molar-refractivity contribution < 1.29 is 13.9 Å². The highest BCUT2D eigenvalue weighted by Crippen LogP contribution is 2.31. The van der Waals surface area contributed by atoms with E-state index in [2.05, 4.69) is 34.7 Å². The molecule has 1 aromatic carbocycles. The van der Waals surface area contributed by atoms with E-state index in [0.717, 1.165) is 17.9 Å². The molecule has 26 heavy (non-hydrogen) atoms. The van der Waals surface area contributed by atoms with Crippen LogP contribution >= 0.6 is 0 Å². The highest BCUT2D eigenvalue weighted by Gasteiger charge is 2.31. The Bertz CT molecular complexity index is 846. The molecule has 0 aliphatic carbocycles. The van der Waals surface area contributed by atoms with Crippen molar-refractivity contribution >= 4 is 0 Å². The summed E-state index contributed by atoms with van der Waals surface area (Å²) in [6.45, 7) is 4.73. The van der Waals surface area contributed by atoms with Gasteiger partial charge in [0.2, 0.25) is 0 Å². The smallest absolute Gasteiger partial charge is 0.176 e. The van der Waals surface area contributed by atoms with Gasteiger partial charge in [-0.05, 0) is 48.0 Å². The molecular formula is C18H23N5O3. The molecule has 2 heterocycles. The number of nitrogens with zero attached hydrogens (tertiary/aromatic N) is 4. The molecule has 8 heteroatoms. The zero-order chi connectivity index (χ0) is 18.6. The van der Waals surface area contributed by atoms with Gasteiger partial charge in [-0.25, -0.2) is 0 Å². The number of aromatic nitrogens is 4. The Kier molecular flexibility index (Phi) is 5.22.